The van der Waals surface area contributed by atoms with Gasteiger partial charge in [0.05, 0.1) is 6.04 Å². The van der Waals surface area contributed by atoms with Crippen molar-refractivity contribution < 1.29 is 23.1 Å². The van der Waals surface area contributed by atoms with Gasteiger partial charge in [-0.1, -0.05) is 38.1 Å². The Bertz CT molecular complexity index is 1220. The molecule has 7 heteroatoms. The van der Waals surface area contributed by atoms with Crippen LogP contribution in [0.2, 0.25) is 0 Å². The Labute approximate surface area is 204 Å². The molecule has 6 nitrogen and oxygen atoms in total. The van der Waals surface area contributed by atoms with Crippen LogP contribution in [0.25, 0.3) is 0 Å². The summed E-state index contributed by atoms with van der Waals surface area (Å²) in [6.45, 7) is 8.43. The Balaban J connectivity index is 1.58. The average molecular weight is 477 g/mol. The van der Waals surface area contributed by atoms with Crippen LogP contribution in [0, 0.1) is 11.7 Å². The van der Waals surface area contributed by atoms with Gasteiger partial charge in [-0.3, -0.25) is 9.59 Å². The maximum atomic E-state index is 13.6. The number of amides is 2. The lowest BCUT2D eigenvalue weighted by atomic mass is 9.87. The number of fused-ring (bicyclic) bond motifs is 1. The third-order valence-electron chi connectivity index (χ3n) is 5.98. The van der Waals surface area contributed by atoms with Gasteiger partial charge in [0.1, 0.15) is 23.9 Å². The molecule has 182 valence electrons. The molecule has 0 radical (unpaired) electrons. The molecule has 4 rings (SSSR count). The van der Waals surface area contributed by atoms with Gasteiger partial charge in [0.25, 0.3) is 5.91 Å². The van der Waals surface area contributed by atoms with E-state index in [-0.39, 0.29) is 42.0 Å². The van der Waals surface area contributed by atoms with Crippen molar-refractivity contribution in [3.05, 3.63) is 101 Å². The van der Waals surface area contributed by atoms with E-state index in [2.05, 4.69) is 11.9 Å². The summed E-state index contributed by atoms with van der Waals surface area (Å²) >= 11 is 0. The van der Waals surface area contributed by atoms with E-state index >= 15 is 0 Å². The lowest BCUT2D eigenvalue weighted by Gasteiger charge is -2.39. The van der Waals surface area contributed by atoms with E-state index in [1.165, 1.54) is 12.1 Å². The topological polar surface area (TPSA) is 71.8 Å². The molecule has 1 unspecified atom stereocenters. The van der Waals surface area contributed by atoms with Crippen LogP contribution in [0.15, 0.2) is 71.7 Å². The first-order valence-electron chi connectivity index (χ1n) is 11.7. The number of rotatable bonds is 8. The average Bonchev–Trinajstić information content (AvgIpc) is 3.34. The largest absolute Gasteiger partial charge is 0.486 e. The highest BCUT2D eigenvalue weighted by molar-refractivity contribution is 5.91. The molecule has 1 aliphatic heterocycles. The first-order valence-corrected chi connectivity index (χ1v) is 11.7. The summed E-state index contributed by atoms with van der Waals surface area (Å²) in [5.41, 5.74) is 2.93. The summed E-state index contributed by atoms with van der Waals surface area (Å²) in [6, 6.07) is 15.1. The molecular weight excluding hydrogens is 447 g/mol. The van der Waals surface area contributed by atoms with Crippen LogP contribution in [0.4, 0.5) is 4.39 Å². The van der Waals surface area contributed by atoms with E-state index in [4.69, 9.17) is 9.15 Å². The third-order valence-corrected chi connectivity index (χ3v) is 5.98. The van der Waals surface area contributed by atoms with Gasteiger partial charge in [0, 0.05) is 19.0 Å². The summed E-state index contributed by atoms with van der Waals surface area (Å²) in [6.07, 6.45) is 2.32. The molecule has 3 aromatic rings. The van der Waals surface area contributed by atoms with Gasteiger partial charge in [0.2, 0.25) is 5.91 Å². The predicted octanol–water partition coefficient (Wildman–Crippen LogP) is 5.04. The summed E-state index contributed by atoms with van der Waals surface area (Å²) in [5, 5.41) is 2.67. The minimum atomic E-state index is -0.332. The molecule has 2 amide bonds. The zero-order valence-electron chi connectivity index (χ0n) is 19.9. The van der Waals surface area contributed by atoms with E-state index in [1.54, 1.807) is 30.3 Å². The highest BCUT2D eigenvalue weighted by Gasteiger charge is 2.33. The number of ether oxygens (including phenoxy) is 1. The molecule has 1 atom stereocenters. The molecule has 1 aromatic heterocycles. The second-order valence-electron chi connectivity index (χ2n) is 8.80. The molecular formula is C28H29FN2O4. The molecule has 35 heavy (non-hydrogen) atoms. The molecule has 1 N–H and O–H groups in total. The van der Waals surface area contributed by atoms with Crippen LogP contribution in [-0.2, 0) is 17.8 Å². The van der Waals surface area contributed by atoms with Crippen LogP contribution < -0.4 is 10.1 Å². The fourth-order valence-electron chi connectivity index (χ4n) is 4.24. The van der Waals surface area contributed by atoms with Crippen molar-refractivity contribution in [1.82, 2.24) is 10.2 Å². The molecule has 2 heterocycles. The third kappa shape index (κ3) is 5.45. The monoisotopic (exact) mass is 476 g/mol. The summed E-state index contributed by atoms with van der Waals surface area (Å²) < 4.78 is 25.2. The van der Waals surface area contributed by atoms with Gasteiger partial charge < -0.3 is 19.4 Å². The van der Waals surface area contributed by atoms with Gasteiger partial charge in [-0.2, -0.15) is 0 Å². The zero-order chi connectivity index (χ0) is 24.9. The van der Waals surface area contributed by atoms with E-state index in [0.717, 1.165) is 23.1 Å². The number of furan rings is 1. The molecule has 0 spiro atoms. The number of nitrogens with one attached hydrogen (secondary N) is 1. The molecule has 0 saturated carbocycles. The number of carbonyl (C=O) groups is 2. The minimum absolute atomic E-state index is 0.0501. The fourth-order valence-corrected chi connectivity index (χ4v) is 4.24. The van der Waals surface area contributed by atoms with Gasteiger partial charge >= 0.3 is 0 Å². The second-order valence-corrected chi connectivity index (χ2v) is 8.80. The number of carbonyl (C=O) groups excluding carboxylic acids is 2. The Morgan fingerprint density at radius 2 is 1.97 bits per heavy atom. The first-order chi connectivity index (χ1) is 16.9. The Kier molecular flexibility index (Phi) is 7.34. The predicted molar refractivity (Wildman–Crippen MR) is 131 cm³/mol. The van der Waals surface area contributed by atoms with Crippen molar-refractivity contribution in [2.24, 2.45) is 5.92 Å². The first kappa shape index (κ1) is 24.3. The van der Waals surface area contributed by atoms with Crippen molar-refractivity contribution >= 4 is 11.8 Å². The number of halogens is 1. The fraction of sp³-hybridized carbons (Fsp3) is 0.286. The summed E-state index contributed by atoms with van der Waals surface area (Å²) in [5.74, 6) is 0.587. The van der Waals surface area contributed by atoms with Gasteiger partial charge in [-0.05, 0) is 59.5 Å². The molecule has 0 aliphatic carbocycles. The van der Waals surface area contributed by atoms with Crippen molar-refractivity contribution in [3.8, 4) is 5.75 Å². The van der Waals surface area contributed by atoms with Crippen molar-refractivity contribution in [2.75, 3.05) is 13.1 Å². The molecule has 0 fully saturated rings. The van der Waals surface area contributed by atoms with Crippen molar-refractivity contribution in [1.29, 1.82) is 0 Å². The standard InChI is InChI=1S/C28H29FN2O4/c1-4-14-30-27(32)25-12-11-23(35-25)17-34-22-10-7-19-13-15-31(28(33)18(2)3)26(24(19)16-22)20-5-8-21(29)9-6-20/h4-12,16,18,26H,1,13-15,17H2,2-3H3,(H,30,32). The maximum Gasteiger partial charge on any atom is 0.287 e. The van der Waals surface area contributed by atoms with E-state index in [0.29, 0.717) is 24.6 Å². The normalized spacial score (nSPS) is 15.0. The Morgan fingerprint density at radius 1 is 1.20 bits per heavy atom. The SMILES string of the molecule is C=CCNC(=O)c1ccc(COc2ccc3c(c2)C(c2ccc(F)cc2)N(C(=O)C(C)C)CC3)o1. The number of hydrogen-bond donors (Lipinski definition) is 1. The van der Waals surface area contributed by atoms with Crippen LogP contribution in [0.1, 0.15) is 52.9 Å². The summed E-state index contributed by atoms with van der Waals surface area (Å²) in [4.78, 5) is 26.9. The molecule has 1 aliphatic rings. The van der Waals surface area contributed by atoms with Crippen molar-refractivity contribution in [3.63, 3.8) is 0 Å². The smallest absolute Gasteiger partial charge is 0.287 e. The molecule has 0 bridgehead atoms. The van der Waals surface area contributed by atoms with Gasteiger partial charge in [0.15, 0.2) is 5.76 Å². The van der Waals surface area contributed by atoms with Crippen LogP contribution in [0.3, 0.4) is 0 Å². The number of hydrogen-bond acceptors (Lipinski definition) is 4. The van der Waals surface area contributed by atoms with E-state index in [9.17, 15) is 14.0 Å². The maximum absolute atomic E-state index is 13.6. The van der Waals surface area contributed by atoms with Crippen LogP contribution >= 0.6 is 0 Å². The highest BCUT2D eigenvalue weighted by atomic mass is 19.1. The summed E-state index contributed by atoms with van der Waals surface area (Å²) in [7, 11) is 0. The molecule has 0 saturated heterocycles. The minimum Gasteiger partial charge on any atom is -0.486 e. The Hall–Kier alpha value is -3.87. The van der Waals surface area contributed by atoms with Crippen LogP contribution in [0.5, 0.6) is 5.75 Å². The lowest BCUT2D eigenvalue weighted by molar-refractivity contribution is -0.136. The van der Waals surface area contributed by atoms with Crippen LogP contribution in [-0.4, -0.2) is 29.8 Å². The quantitative estimate of drug-likeness (QED) is 0.462. The number of benzene rings is 2. The lowest BCUT2D eigenvalue weighted by Crippen LogP contribution is -2.42. The zero-order valence-corrected chi connectivity index (χ0v) is 19.9. The van der Waals surface area contributed by atoms with Gasteiger partial charge in [-0.15, -0.1) is 6.58 Å². The highest BCUT2D eigenvalue weighted by Crippen LogP contribution is 2.38. The second kappa shape index (κ2) is 10.6. The molecule has 2 aromatic carbocycles. The van der Waals surface area contributed by atoms with Gasteiger partial charge in [-0.25, -0.2) is 4.39 Å². The van der Waals surface area contributed by atoms with Crippen molar-refractivity contribution in [2.45, 2.75) is 32.9 Å². The van der Waals surface area contributed by atoms with E-state index < -0.39 is 0 Å². The van der Waals surface area contributed by atoms with E-state index in [1.807, 2.05) is 36.9 Å². The Morgan fingerprint density at radius 3 is 2.69 bits per heavy atom. The number of nitrogens with zero attached hydrogens (tertiary/aromatic N) is 1.